The molecule has 5 nitrogen and oxygen atoms in total. The molecule has 1 aliphatic carbocycles. The Kier molecular flexibility index (Phi) is 5.12. The molecule has 0 aliphatic heterocycles. The molecule has 2 N–H and O–H groups in total. The zero-order chi connectivity index (χ0) is 17.8. The van der Waals surface area contributed by atoms with Gasteiger partial charge in [-0.15, -0.1) is 0 Å². The van der Waals surface area contributed by atoms with Gasteiger partial charge in [0.05, 0.1) is 19.4 Å². The van der Waals surface area contributed by atoms with Crippen molar-refractivity contribution in [3.8, 4) is 11.4 Å². The third-order valence-corrected chi connectivity index (χ3v) is 4.48. The molecule has 0 atom stereocenters. The maximum Gasteiger partial charge on any atom is 0.357 e. The van der Waals surface area contributed by atoms with Gasteiger partial charge < -0.3 is 19.8 Å². The van der Waals surface area contributed by atoms with Crippen molar-refractivity contribution < 1.29 is 14.3 Å². The lowest BCUT2D eigenvalue weighted by Crippen LogP contribution is -2.12. The van der Waals surface area contributed by atoms with Gasteiger partial charge in [0.25, 0.3) is 0 Å². The van der Waals surface area contributed by atoms with Crippen LogP contribution in [0.5, 0.6) is 5.75 Å². The first kappa shape index (κ1) is 17.1. The topological polar surface area (TPSA) is 66.5 Å². The molecule has 2 aromatic rings. The fourth-order valence-electron chi connectivity index (χ4n) is 3.23. The van der Waals surface area contributed by atoms with Gasteiger partial charge in [-0.3, -0.25) is 0 Å². The number of hydrogen-bond donors (Lipinski definition) is 1. The molecule has 3 rings (SSSR count). The van der Waals surface area contributed by atoms with Crippen LogP contribution in [-0.2, 0) is 4.74 Å². The highest BCUT2D eigenvalue weighted by atomic mass is 16.5. The zero-order valence-corrected chi connectivity index (χ0v) is 14.7. The molecule has 0 saturated carbocycles. The van der Waals surface area contributed by atoms with Crippen LogP contribution < -0.4 is 10.5 Å². The second kappa shape index (κ2) is 7.47. The number of nitrogens with zero attached hydrogens (tertiary/aromatic N) is 1. The molecule has 0 fully saturated rings. The SMILES string of the molecule is CCOC(=O)c1c(N)c(C2=CCCCC2)cn1-c1cccc(OC)c1. The number of hydrogen-bond acceptors (Lipinski definition) is 4. The van der Waals surface area contributed by atoms with E-state index in [0.717, 1.165) is 36.3 Å². The Balaban J connectivity index is 2.14. The van der Waals surface area contributed by atoms with Crippen LogP contribution in [0.2, 0.25) is 0 Å². The van der Waals surface area contributed by atoms with Crippen LogP contribution >= 0.6 is 0 Å². The van der Waals surface area contributed by atoms with Crippen molar-refractivity contribution in [1.29, 1.82) is 0 Å². The summed E-state index contributed by atoms with van der Waals surface area (Å²) in [6.45, 7) is 2.09. The summed E-state index contributed by atoms with van der Waals surface area (Å²) in [6, 6.07) is 7.55. The normalized spacial score (nSPS) is 14.1. The van der Waals surface area contributed by atoms with E-state index in [4.69, 9.17) is 15.2 Å². The van der Waals surface area contributed by atoms with Crippen LogP contribution in [-0.4, -0.2) is 24.3 Å². The summed E-state index contributed by atoms with van der Waals surface area (Å²) in [5.41, 5.74) is 10.2. The molecule has 1 aromatic carbocycles. The van der Waals surface area contributed by atoms with Gasteiger partial charge >= 0.3 is 5.97 Å². The summed E-state index contributed by atoms with van der Waals surface area (Å²) in [6.07, 6.45) is 8.53. The van der Waals surface area contributed by atoms with Crippen LogP contribution in [0.1, 0.15) is 48.7 Å². The van der Waals surface area contributed by atoms with Crippen LogP contribution in [0.3, 0.4) is 0 Å². The number of methoxy groups -OCH3 is 1. The number of rotatable bonds is 5. The molecule has 1 aliphatic rings. The molecule has 1 aromatic heterocycles. The number of ether oxygens (including phenoxy) is 2. The van der Waals surface area contributed by atoms with E-state index >= 15 is 0 Å². The molecule has 0 radical (unpaired) electrons. The van der Waals surface area contributed by atoms with Crippen LogP contribution in [0.4, 0.5) is 5.69 Å². The van der Waals surface area contributed by atoms with Gasteiger partial charge in [-0.25, -0.2) is 4.79 Å². The number of allylic oxidation sites excluding steroid dienone is 2. The summed E-state index contributed by atoms with van der Waals surface area (Å²) in [4.78, 5) is 12.5. The number of carbonyl (C=O) groups excluding carboxylic acids is 1. The lowest BCUT2D eigenvalue weighted by Gasteiger charge is -2.12. The molecule has 0 bridgehead atoms. The van der Waals surface area contributed by atoms with Crippen LogP contribution in [0.25, 0.3) is 11.3 Å². The molecule has 5 heteroatoms. The predicted molar refractivity (Wildman–Crippen MR) is 99.1 cm³/mol. The zero-order valence-electron chi connectivity index (χ0n) is 14.7. The van der Waals surface area contributed by atoms with Gasteiger partial charge in [0.2, 0.25) is 0 Å². The Morgan fingerprint density at radius 1 is 1.32 bits per heavy atom. The van der Waals surface area contributed by atoms with E-state index in [1.807, 2.05) is 30.5 Å². The predicted octanol–water partition coefficient (Wildman–Crippen LogP) is 4.20. The van der Waals surface area contributed by atoms with Crippen molar-refractivity contribution in [2.24, 2.45) is 0 Å². The Labute approximate surface area is 148 Å². The highest BCUT2D eigenvalue weighted by molar-refractivity contribution is 5.98. The highest BCUT2D eigenvalue weighted by Gasteiger charge is 2.24. The Morgan fingerprint density at radius 3 is 2.84 bits per heavy atom. The number of carbonyl (C=O) groups is 1. The highest BCUT2D eigenvalue weighted by Crippen LogP contribution is 2.35. The number of nitrogens with two attached hydrogens (primary N) is 1. The molecular formula is C20H24N2O3. The van der Waals surface area contributed by atoms with Crippen molar-refractivity contribution in [3.05, 3.63) is 47.8 Å². The minimum Gasteiger partial charge on any atom is -0.497 e. The number of benzene rings is 1. The van der Waals surface area contributed by atoms with Crippen molar-refractivity contribution in [2.45, 2.75) is 32.6 Å². The van der Waals surface area contributed by atoms with E-state index in [9.17, 15) is 4.79 Å². The fourth-order valence-corrected chi connectivity index (χ4v) is 3.23. The molecule has 0 amide bonds. The Bertz CT molecular complexity index is 805. The van der Waals surface area contributed by atoms with E-state index < -0.39 is 5.97 Å². The Morgan fingerprint density at radius 2 is 2.16 bits per heavy atom. The number of aromatic nitrogens is 1. The lowest BCUT2D eigenvalue weighted by atomic mass is 9.94. The first-order valence-corrected chi connectivity index (χ1v) is 8.67. The molecule has 1 heterocycles. The summed E-state index contributed by atoms with van der Waals surface area (Å²) in [5, 5.41) is 0. The fraction of sp³-hybridized carbons (Fsp3) is 0.350. The largest absolute Gasteiger partial charge is 0.497 e. The standard InChI is InChI=1S/C20H24N2O3/c1-3-25-20(23)19-18(21)17(14-8-5-4-6-9-14)13-22(19)15-10-7-11-16(12-15)24-2/h7-8,10-13H,3-6,9,21H2,1-2H3. The quantitative estimate of drug-likeness (QED) is 0.828. The maximum atomic E-state index is 12.5. The van der Waals surface area contributed by atoms with Crippen molar-refractivity contribution in [1.82, 2.24) is 4.57 Å². The van der Waals surface area contributed by atoms with Crippen molar-refractivity contribution in [3.63, 3.8) is 0 Å². The summed E-state index contributed by atoms with van der Waals surface area (Å²) in [7, 11) is 1.62. The molecule has 0 spiro atoms. The smallest absolute Gasteiger partial charge is 0.357 e. The van der Waals surface area contributed by atoms with Gasteiger partial charge in [0.15, 0.2) is 5.69 Å². The van der Waals surface area contributed by atoms with E-state index in [-0.39, 0.29) is 0 Å². The summed E-state index contributed by atoms with van der Waals surface area (Å²) in [5.74, 6) is 0.309. The van der Waals surface area contributed by atoms with Gasteiger partial charge in [-0.05, 0) is 50.3 Å². The number of esters is 1. The van der Waals surface area contributed by atoms with Gasteiger partial charge in [0.1, 0.15) is 5.75 Å². The first-order chi connectivity index (χ1) is 12.2. The minimum atomic E-state index is -0.412. The van der Waals surface area contributed by atoms with Gasteiger partial charge in [-0.1, -0.05) is 12.1 Å². The third-order valence-electron chi connectivity index (χ3n) is 4.48. The van der Waals surface area contributed by atoms with Gasteiger partial charge in [-0.2, -0.15) is 0 Å². The van der Waals surface area contributed by atoms with Crippen LogP contribution in [0, 0.1) is 0 Å². The third kappa shape index (κ3) is 3.40. The molecule has 0 unspecified atom stereocenters. The molecule has 132 valence electrons. The molecule has 0 saturated heterocycles. The Hall–Kier alpha value is -2.69. The summed E-state index contributed by atoms with van der Waals surface area (Å²) < 4.78 is 12.3. The maximum absolute atomic E-state index is 12.5. The monoisotopic (exact) mass is 340 g/mol. The van der Waals surface area contributed by atoms with Crippen molar-refractivity contribution >= 4 is 17.2 Å². The van der Waals surface area contributed by atoms with Crippen molar-refractivity contribution in [2.75, 3.05) is 19.5 Å². The van der Waals surface area contributed by atoms with Crippen LogP contribution in [0.15, 0.2) is 36.5 Å². The van der Waals surface area contributed by atoms with E-state index in [2.05, 4.69) is 6.08 Å². The minimum absolute atomic E-state index is 0.305. The number of nitrogen functional groups attached to an aromatic ring is 1. The number of anilines is 1. The average Bonchev–Trinajstić information content (AvgIpc) is 3.00. The van der Waals surface area contributed by atoms with E-state index in [1.54, 1.807) is 18.6 Å². The molecule has 25 heavy (non-hydrogen) atoms. The average molecular weight is 340 g/mol. The second-order valence-corrected chi connectivity index (χ2v) is 6.07. The van der Waals surface area contributed by atoms with E-state index in [1.165, 1.54) is 12.0 Å². The first-order valence-electron chi connectivity index (χ1n) is 8.67. The van der Waals surface area contributed by atoms with Gasteiger partial charge in [0, 0.05) is 23.5 Å². The lowest BCUT2D eigenvalue weighted by molar-refractivity contribution is 0.0518. The van der Waals surface area contributed by atoms with E-state index in [0.29, 0.717) is 18.0 Å². The second-order valence-electron chi connectivity index (χ2n) is 6.07. The molecular weight excluding hydrogens is 316 g/mol. The summed E-state index contributed by atoms with van der Waals surface area (Å²) >= 11 is 0.